The third-order valence-corrected chi connectivity index (χ3v) is 2.40. The predicted octanol–water partition coefficient (Wildman–Crippen LogP) is 2.06. The maximum absolute atomic E-state index is 5.61. The molecule has 2 nitrogen and oxygen atoms in total. The lowest BCUT2D eigenvalue weighted by atomic mass is 10.0. The number of hydrogen-bond acceptors (Lipinski definition) is 2. The highest BCUT2D eigenvalue weighted by molar-refractivity contribution is 5.83. The SMILES string of the molecule is Cc1ccc2cc(C(N)N)ccc2c1. The molecule has 2 aromatic rings. The van der Waals surface area contributed by atoms with Crippen LogP contribution in [-0.2, 0) is 0 Å². The first kappa shape index (κ1) is 9.19. The minimum atomic E-state index is -0.388. The highest BCUT2D eigenvalue weighted by Gasteiger charge is 2.00. The summed E-state index contributed by atoms with van der Waals surface area (Å²) in [7, 11) is 0. The molecular weight excluding hydrogens is 172 g/mol. The van der Waals surface area contributed by atoms with Crippen molar-refractivity contribution in [1.82, 2.24) is 0 Å². The number of fused-ring (bicyclic) bond motifs is 1. The maximum atomic E-state index is 5.61. The predicted molar refractivity (Wildman–Crippen MR) is 59.8 cm³/mol. The second-order valence-corrected chi connectivity index (χ2v) is 3.64. The molecule has 0 fully saturated rings. The Morgan fingerprint density at radius 3 is 2.29 bits per heavy atom. The van der Waals surface area contributed by atoms with Gasteiger partial charge in [0.15, 0.2) is 0 Å². The first-order valence-electron chi connectivity index (χ1n) is 4.68. The van der Waals surface area contributed by atoms with Gasteiger partial charge in [-0.25, -0.2) is 0 Å². The lowest BCUT2D eigenvalue weighted by Crippen LogP contribution is -2.19. The van der Waals surface area contributed by atoms with E-state index in [1.165, 1.54) is 16.3 Å². The zero-order valence-corrected chi connectivity index (χ0v) is 8.20. The van der Waals surface area contributed by atoms with Crippen molar-refractivity contribution in [1.29, 1.82) is 0 Å². The first-order valence-corrected chi connectivity index (χ1v) is 4.68. The van der Waals surface area contributed by atoms with Crippen molar-refractivity contribution in [3.63, 3.8) is 0 Å². The van der Waals surface area contributed by atoms with Gasteiger partial charge in [-0.1, -0.05) is 35.9 Å². The first-order chi connectivity index (χ1) is 6.66. The summed E-state index contributed by atoms with van der Waals surface area (Å²) >= 11 is 0. The van der Waals surface area contributed by atoms with Gasteiger partial charge in [-0.15, -0.1) is 0 Å². The zero-order chi connectivity index (χ0) is 10.1. The number of rotatable bonds is 1. The number of nitrogens with two attached hydrogens (primary N) is 2. The summed E-state index contributed by atoms with van der Waals surface area (Å²) in [5.74, 6) is 0. The van der Waals surface area contributed by atoms with Crippen LogP contribution in [0.1, 0.15) is 17.3 Å². The van der Waals surface area contributed by atoms with Crippen molar-refractivity contribution in [2.45, 2.75) is 13.1 Å². The fourth-order valence-electron chi connectivity index (χ4n) is 1.59. The molecule has 0 bridgehead atoms. The van der Waals surface area contributed by atoms with Gasteiger partial charge < -0.3 is 11.5 Å². The highest BCUT2D eigenvalue weighted by Crippen LogP contribution is 2.18. The van der Waals surface area contributed by atoms with E-state index in [2.05, 4.69) is 31.2 Å². The Morgan fingerprint density at radius 2 is 1.57 bits per heavy atom. The Labute approximate surface area is 83.5 Å². The molecule has 14 heavy (non-hydrogen) atoms. The third kappa shape index (κ3) is 1.62. The van der Waals surface area contributed by atoms with Gasteiger partial charge in [0.1, 0.15) is 0 Å². The van der Waals surface area contributed by atoms with Crippen LogP contribution in [0.3, 0.4) is 0 Å². The summed E-state index contributed by atoms with van der Waals surface area (Å²) in [5, 5.41) is 2.42. The van der Waals surface area contributed by atoms with Gasteiger partial charge in [-0.05, 0) is 29.3 Å². The second-order valence-electron chi connectivity index (χ2n) is 3.64. The summed E-state index contributed by atoms with van der Waals surface area (Å²) in [4.78, 5) is 0. The fourth-order valence-corrected chi connectivity index (χ4v) is 1.59. The van der Waals surface area contributed by atoms with Crippen LogP contribution >= 0.6 is 0 Å². The average Bonchev–Trinajstić information content (AvgIpc) is 2.16. The molecule has 0 radical (unpaired) electrons. The van der Waals surface area contributed by atoms with Crippen LogP contribution in [-0.4, -0.2) is 0 Å². The normalized spacial score (nSPS) is 11.1. The molecule has 0 aliphatic carbocycles. The molecule has 2 rings (SSSR count). The molecule has 0 saturated carbocycles. The molecule has 0 saturated heterocycles. The van der Waals surface area contributed by atoms with Gasteiger partial charge in [0.05, 0.1) is 6.17 Å². The quantitative estimate of drug-likeness (QED) is 0.670. The Morgan fingerprint density at radius 1 is 0.929 bits per heavy atom. The van der Waals surface area contributed by atoms with Crippen molar-refractivity contribution in [3.05, 3.63) is 47.5 Å². The van der Waals surface area contributed by atoms with E-state index < -0.39 is 0 Å². The van der Waals surface area contributed by atoms with E-state index >= 15 is 0 Å². The van der Waals surface area contributed by atoms with Crippen molar-refractivity contribution < 1.29 is 0 Å². The van der Waals surface area contributed by atoms with E-state index in [1.807, 2.05) is 12.1 Å². The molecule has 72 valence electrons. The van der Waals surface area contributed by atoms with Crippen molar-refractivity contribution >= 4 is 10.8 Å². The Hall–Kier alpha value is -1.38. The molecule has 2 aromatic carbocycles. The van der Waals surface area contributed by atoms with E-state index in [0.717, 1.165) is 5.56 Å². The van der Waals surface area contributed by atoms with Crippen LogP contribution in [0, 0.1) is 6.92 Å². The average molecular weight is 186 g/mol. The molecule has 0 amide bonds. The van der Waals surface area contributed by atoms with Gasteiger partial charge in [0, 0.05) is 0 Å². The van der Waals surface area contributed by atoms with Crippen LogP contribution in [0.15, 0.2) is 36.4 Å². The molecule has 0 aromatic heterocycles. The minimum Gasteiger partial charge on any atom is -0.312 e. The number of hydrogen-bond donors (Lipinski definition) is 2. The van der Waals surface area contributed by atoms with Gasteiger partial charge in [-0.3, -0.25) is 0 Å². The summed E-state index contributed by atoms with van der Waals surface area (Å²) in [6, 6.07) is 12.4. The second kappa shape index (κ2) is 3.40. The van der Waals surface area contributed by atoms with Crippen LogP contribution in [0.25, 0.3) is 10.8 Å². The lowest BCUT2D eigenvalue weighted by Gasteiger charge is -2.07. The molecule has 0 atom stereocenters. The van der Waals surface area contributed by atoms with Crippen molar-refractivity contribution in [2.24, 2.45) is 11.5 Å². The van der Waals surface area contributed by atoms with Crippen molar-refractivity contribution in [3.8, 4) is 0 Å². The summed E-state index contributed by atoms with van der Waals surface area (Å²) in [6.07, 6.45) is -0.388. The molecule has 0 aliphatic heterocycles. The molecular formula is C12H14N2. The van der Waals surface area contributed by atoms with E-state index in [4.69, 9.17) is 11.5 Å². The van der Waals surface area contributed by atoms with Crippen molar-refractivity contribution in [2.75, 3.05) is 0 Å². The van der Waals surface area contributed by atoms with Crippen LogP contribution in [0.2, 0.25) is 0 Å². The molecule has 0 aliphatic rings. The molecule has 4 N–H and O–H groups in total. The Kier molecular flexibility index (Phi) is 2.23. The lowest BCUT2D eigenvalue weighted by molar-refractivity contribution is 0.775. The van der Waals surface area contributed by atoms with Gasteiger partial charge >= 0.3 is 0 Å². The van der Waals surface area contributed by atoms with Gasteiger partial charge in [-0.2, -0.15) is 0 Å². The largest absolute Gasteiger partial charge is 0.312 e. The smallest absolute Gasteiger partial charge is 0.0784 e. The van der Waals surface area contributed by atoms with E-state index in [-0.39, 0.29) is 6.17 Å². The maximum Gasteiger partial charge on any atom is 0.0784 e. The minimum absolute atomic E-state index is 0.388. The molecule has 2 heteroatoms. The third-order valence-electron chi connectivity index (χ3n) is 2.40. The Bertz CT molecular complexity index is 461. The standard InChI is InChI=1S/C12H14N2/c1-8-2-3-10-7-11(12(13)14)5-4-9(10)6-8/h2-7,12H,13-14H2,1H3. The summed E-state index contributed by atoms with van der Waals surface area (Å²) in [6.45, 7) is 2.09. The molecule has 0 spiro atoms. The van der Waals surface area contributed by atoms with Crippen LogP contribution in [0.4, 0.5) is 0 Å². The number of benzene rings is 2. The fraction of sp³-hybridized carbons (Fsp3) is 0.167. The monoisotopic (exact) mass is 186 g/mol. The molecule has 0 heterocycles. The summed E-state index contributed by atoms with van der Waals surface area (Å²) in [5.41, 5.74) is 13.5. The van der Waals surface area contributed by atoms with Gasteiger partial charge in [0.2, 0.25) is 0 Å². The number of aryl methyl sites for hydroxylation is 1. The topological polar surface area (TPSA) is 52.0 Å². The van der Waals surface area contributed by atoms with E-state index in [1.54, 1.807) is 0 Å². The van der Waals surface area contributed by atoms with E-state index in [9.17, 15) is 0 Å². The van der Waals surface area contributed by atoms with Gasteiger partial charge in [0.25, 0.3) is 0 Å². The Balaban J connectivity index is 2.62. The molecule has 0 unspecified atom stereocenters. The van der Waals surface area contributed by atoms with Crippen LogP contribution in [0.5, 0.6) is 0 Å². The summed E-state index contributed by atoms with van der Waals surface area (Å²) < 4.78 is 0. The highest BCUT2D eigenvalue weighted by atomic mass is 14.8. The van der Waals surface area contributed by atoms with Crippen LogP contribution < -0.4 is 11.5 Å². The van der Waals surface area contributed by atoms with E-state index in [0.29, 0.717) is 0 Å². The zero-order valence-electron chi connectivity index (χ0n) is 8.20.